The molecule has 0 aliphatic heterocycles. The van der Waals surface area contributed by atoms with Gasteiger partial charge in [0.25, 0.3) is 0 Å². The number of ketones is 2. The van der Waals surface area contributed by atoms with Crippen molar-refractivity contribution in [1.29, 1.82) is 42.1 Å². The molecule has 0 amide bonds. The van der Waals surface area contributed by atoms with Gasteiger partial charge >= 0.3 is 0 Å². The third-order valence-corrected chi connectivity index (χ3v) is 19.4. The average molecular weight is 1070 g/mol. The maximum absolute atomic E-state index is 14.0. The van der Waals surface area contributed by atoms with Crippen molar-refractivity contribution in [3.63, 3.8) is 0 Å². The number of hydrogen-bond acceptors (Lipinski definition) is 19. The number of nitrogen functional groups attached to an aromatic ring is 2. The van der Waals surface area contributed by atoms with Gasteiger partial charge in [-0.2, -0.15) is 50.8 Å². The molecule has 3 aromatic carbocycles. The molecule has 6 heterocycles. The highest BCUT2D eigenvalue weighted by Crippen LogP contribution is 2.59. The summed E-state index contributed by atoms with van der Waals surface area (Å²) in [5.41, 5.74) is 21.4. The van der Waals surface area contributed by atoms with Crippen molar-refractivity contribution < 1.29 is 9.59 Å². The number of Topliss-reactive ketones (excluding diaryl/α,β-unsaturated/α-hetero) is 2. The molecule has 3 aliphatic carbocycles. The molecule has 354 valence electrons. The van der Waals surface area contributed by atoms with Crippen LogP contribution in [0.3, 0.4) is 0 Å². The monoisotopic (exact) mass is 1070 g/mol. The summed E-state index contributed by atoms with van der Waals surface area (Å²) in [6.07, 6.45) is 3.31. The standard InChI is InChI=1S/C56H23N13O2S5/c1-56(2)36-10-28(8-34-42(26(18-61)19-62)30-4-22(14-57)24(16-59)6-32(30)50(34)70)72-52(36)53-37(56)12-40(74-53)44-46(65)47(66)45(49-48(44)67-76-68-49)41-13-39-55(75-41)54-38(69(39)3)11-29(73-54)9-35-43(27(20-63)21-64)31-5-23(15-58)25(17-60)7-33(31)51(35)71/h4-13H,65-66H2,1-3H3/b34-8-,35-9-. The largest absolute Gasteiger partial charge is 0.396 e. The molecule has 3 aliphatic rings. The van der Waals surface area contributed by atoms with Crippen LogP contribution in [0.1, 0.15) is 88.8 Å². The Hall–Kier alpha value is -10.1. The Kier molecular flexibility index (Phi) is 10.3. The second kappa shape index (κ2) is 16.7. The summed E-state index contributed by atoms with van der Waals surface area (Å²) >= 11 is 6.97. The normalized spacial score (nSPS) is 14.7. The van der Waals surface area contributed by atoms with Crippen molar-refractivity contribution in [3.8, 4) is 79.2 Å². The first kappa shape index (κ1) is 46.9. The fraction of sp³-hybridized carbons (Fsp3) is 0.0714. The molecule has 9 aromatic rings. The van der Waals surface area contributed by atoms with Crippen LogP contribution in [0, 0.1) is 90.6 Å². The van der Waals surface area contributed by atoms with Crippen molar-refractivity contribution in [2.24, 2.45) is 7.05 Å². The highest BCUT2D eigenvalue weighted by atomic mass is 32.1. The molecular weight excluding hydrogens is 1050 g/mol. The number of carbonyl (C=O) groups is 2. The molecule has 0 saturated carbocycles. The van der Waals surface area contributed by atoms with E-state index in [1.165, 1.54) is 69.6 Å². The van der Waals surface area contributed by atoms with Crippen molar-refractivity contribution in [3.05, 3.63) is 136 Å². The highest BCUT2D eigenvalue weighted by molar-refractivity contribution is 7.29. The zero-order valence-electron chi connectivity index (χ0n) is 39.2. The van der Waals surface area contributed by atoms with E-state index in [4.69, 9.17) is 20.2 Å². The van der Waals surface area contributed by atoms with E-state index in [1.807, 2.05) is 78.4 Å². The van der Waals surface area contributed by atoms with Crippen LogP contribution >= 0.6 is 57.1 Å². The van der Waals surface area contributed by atoms with Gasteiger partial charge in [0.15, 0.2) is 11.6 Å². The lowest BCUT2D eigenvalue weighted by Gasteiger charge is -2.19. The average Bonchev–Trinajstić information content (AvgIpc) is 4.35. The molecule has 0 unspecified atom stereocenters. The Labute approximate surface area is 450 Å². The fourth-order valence-electron chi connectivity index (χ4n) is 10.4. The van der Waals surface area contributed by atoms with Crippen LogP contribution in [-0.4, -0.2) is 24.9 Å². The molecule has 6 aromatic heterocycles. The molecule has 15 nitrogen and oxygen atoms in total. The SMILES string of the molecule is Cn1c2cc(/C=C3\C(=O)c4cc(C#N)c(C#N)cc4C3=C(C#N)C#N)sc2c2sc(-c3c(N)c(N)c(-c4cc5c(s4)-c4sc(/C=C6\C(=O)c7cc(C#N)c(C#N)cc7C6=C(C#N)C#N)cc4C5(C)C)c4nsnc34)cc21. The Morgan fingerprint density at radius 1 is 0.553 bits per heavy atom. The summed E-state index contributed by atoms with van der Waals surface area (Å²) in [4.78, 5) is 33.0. The molecule has 20 heteroatoms. The second-order valence-corrected chi connectivity index (χ2v) is 23.0. The number of rotatable bonds is 4. The van der Waals surface area contributed by atoms with Crippen molar-refractivity contribution in [1.82, 2.24) is 13.3 Å². The Morgan fingerprint density at radius 3 is 1.46 bits per heavy atom. The Balaban J connectivity index is 0.921. The number of carbonyl (C=O) groups excluding carboxylic acids is 2. The number of aromatic nitrogens is 3. The first-order valence-corrected chi connectivity index (χ1v) is 26.4. The van der Waals surface area contributed by atoms with Gasteiger partial charge in [0.2, 0.25) is 0 Å². The van der Waals surface area contributed by atoms with E-state index < -0.39 is 17.0 Å². The number of nitrogens with two attached hydrogens (primary N) is 2. The summed E-state index contributed by atoms with van der Waals surface area (Å²) in [5, 5.41) is 78.7. The zero-order chi connectivity index (χ0) is 53.4. The Bertz CT molecular complexity index is 4830. The predicted molar refractivity (Wildman–Crippen MR) is 293 cm³/mol. The molecule has 4 N–H and O–H groups in total. The maximum atomic E-state index is 14.0. The molecule has 0 fully saturated rings. The van der Waals surface area contributed by atoms with Crippen LogP contribution in [0.5, 0.6) is 0 Å². The number of nitriles is 8. The van der Waals surface area contributed by atoms with Crippen LogP contribution < -0.4 is 11.5 Å². The van der Waals surface area contributed by atoms with E-state index in [-0.39, 0.29) is 77.9 Å². The van der Waals surface area contributed by atoms with Gasteiger partial charge in [0, 0.05) is 86.3 Å². The lowest BCUT2D eigenvalue weighted by molar-refractivity contribution is 0.103. The number of hydrogen-bond donors (Lipinski definition) is 2. The van der Waals surface area contributed by atoms with Crippen molar-refractivity contribution >= 4 is 135 Å². The van der Waals surface area contributed by atoms with Crippen LogP contribution in [0.4, 0.5) is 11.4 Å². The summed E-state index contributed by atoms with van der Waals surface area (Å²) in [6.45, 7) is 4.23. The molecular formula is C56H23N13O2S5. The number of aryl methyl sites for hydroxylation is 1. The Morgan fingerprint density at radius 2 is 0.974 bits per heavy atom. The van der Waals surface area contributed by atoms with Gasteiger partial charge in [0.05, 0.1) is 65.8 Å². The molecule has 76 heavy (non-hydrogen) atoms. The topological polar surface area (TPSA) is 307 Å². The van der Waals surface area contributed by atoms with Crippen molar-refractivity contribution in [2.75, 3.05) is 11.5 Å². The first-order chi connectivity index (χ1) is 36.6. The molecule has 0 atom stereocenters. The first-order valence-electron chi connectivity index (χ1n) is 22.4. The highest BCUT2D eigenvalue weighted by Gasteiger charge is 2.41. The minimum absolute atomic E-state index is 0.0147. The minimum Gasteiger partial charge on any atom is -0.396 e. The fourth-order valence-corrected chi connectivity index (χ4v) is 16.3. The van der Waals surface area contributed by atoms with Gasteiger partial charge in [-0.15, -0.1) is 45.3 Å². The van der Waals surface area contributed by atoms with E-state index in [2.05, 4.69) is 19.9 Å². The molecule has 0 bridgehead atoms. The number of allylic oxidation sites excluding steroid dienone is 6. The van der Waals surface area contributed by atoms with Crippen LogP contribution in [0.25, 0.3) is 85.4 Å². The smallest absolute Gasteiger partial charge is 0.194 e. The number of benzene rings is 3. The predicted octanol–water partition coefficient (Wildman–Crippen LogP) is 12.0. The van der Waals surface area contributed by atoms with Gasteiger partial charge in [-0.25, -0.2) is 0 Å². The van der Waals surface area contributed by atoms with E-state index >= 15 is 0 Å². The summed E-state index contributed by atoms with van der Waals surface area (Å²) in [6, 6.07) is 29.0. The van der Waals surface area contributed by atoms with Crippen LogP contribution in [-0.2, 0) is 12.5 Å². The lowest BCUT2D eigenvalue weighted by atomic mass is 9.83. The van der Waals surface area contributed by atoms with E-state index in [0.29, 0.717) is 43.3 Å². The molecule has 0 saturated heterocycles. The third kappa shape index (κ3) is 6.33. The van der Waals surface area contributed by atoms with Gasteiger partial charge in [0.1, 0.15) is 70.7 Å². The van der Waals surface area contributed by atoms with Gasteiger partial charge in [-0.3, -0.25) is 9.59 Å². The molecule has 0 radical (unpaired) electrons. The summed E-state index contributed by atoms with van der Waals surface area (Å²) in [7, 11) is 1.93. The minimum atomic E-state index is -0.501. The number of anilines is 2. The van der Waals surface area contributed by atoms with Gasteiger partial charge < -0.3 is 16.0 Å². The lowest BCUT2D eigenvalue weighted by Crippen LogP contribution is -2.13. The number of nitrogens with zero attached hydrogens (tertiary/aromatic N) is 11. The van der Waals surface area contributed by atoms with Crippen LogP contribution in [0.15, 0.2) is 70.8 Å². The quantitative estimate of drug-likeness (QED) is 0.0941. The number of fused-ring (bicyclic) bond motifs is 9. The molecule has 12 rings (SSSR count). The van der Waals surface area contributed by atoms with Gasteiger partial charge in [-0.1, -0.05) is 13.8 Å². The van der Waals surface area contributed by atoms with E-state index in [9.17, 15) is 51.7 Å². The van der Waals surface area contributed by atoms with E-state index in [1.54, 1.807) is 12.2 Å². The second-order valence-electron chi connectivity index (χ2n) is 18.2. The summed E-state index contributed by atoms with van der Waals surface area (Å²) < 4.78 is 13.5. The number of thiophene rings is 4. The zero-order valence-corrected chi connectivity index (χ0v) is 43.3. The van der Waals surface area contributed by atoms with Crippen molar-refractivity contribution in [2.45, 2.75) is 19.3 Å². The molecule has 0 spiro atoms. The maximum Gasteiger partial charge on any atom is 0.194 e. The van der Waals surface area contributed by atoms with Crippen LogP contribution in [0.2, 0.25) is 0 Å². The third-order valence-electron chi connectivity index (χ3n) is 14.1. The van der Waals surface area contributed by atoms with Gasteiger partial charge in [-0.05, 0) is 82.9 Å². The summed E-state index contributed by atoms with van der Waals surface area (Å²) in [5.74, 6) is -0.929. The van der Waals surface area contributed by atoms with E-state index in [0.717, 1.165) is 62.8 Å².